The molecule has 1 aliphatic rings. The number of rotatable bonds is 5. The van der Waals surface area contributed by atoms with Gasteiger partial charge >= 0.3 is 6.03 Å². The van der Waals surface area contributed by atoms with Crippen molar-refractivity contribution in [3.05, 3.63) is 18.2 Å². The zero-order chi connectivity index (χ0) is 13.8. The molecule has 1 aromatic rings. The highest BCUT2D eigenvalue weighted by Crippen LogP contribution is 2.22. The van der Waals surface area contributed by atoms with Gasteiger partial charge in [0, 0.05) is 31.1 Å². The van der Waals surface area contributed by atoms with Gasteiger partial charge in [-0.1, -0.05) is 0 Å². The Morgan fingerprint density at radius 3 is 2.95 bits per heavy atom. The van der Waals surface area contributed by atoms with Gasteiger partial charge in [0.1, 0.15) is 5.75 Å². The number of carbonyl (C=O) groups is 1. The fourth-order valence-corrected chi connectivity index (χ4v) is 3.05. The first-order valence-corrected chi connectivity index (χ1v) is 7.28. The Morgan fingerprint density at radius 2 is 2.32 bits per heavy atom. The second-order valence-electron chi connectivity index (χ2n) is 4.17. The van der Waals surface area contributed by atoms with Gasteiger partial charge in [0.05, 0.1) is 22.8 Å². The van der Waals surface area contributed by atoms with Crippen molar-refractivity contribution in [3.63, 3.8) is 0 Å². The number of hydrogen-bond donors (Lipinski definition) is 2. The van der Waals surface area contributed by atoms with E-state index in [0.717, 1.165) is 0 Å². The summed E-state index contributed by atoms with van der Waals surface area (Å²) in [7, 11) is 0.304. The molecule has 2 amide bonds. The Morgan fingerprint density at radius 1 is 1.53 bits per heavy atom. The van der Waals surface area contributed by atoms with Gasteiger partial charge in [-0.25, -0.2) is 4.79 Å². The number of benzene rings is 1. The highest BCUT2D eigenvalue weighted by molar-refractivity contribution is 7.85. The summed E-state index contributed by atoms with van der Waals surface area (Å²) in [5.41, 5.74) is 6.29. The van der Waals surface area contributed by atoms with E-state index in [1.807, 2.05) is 0 Å². The SMILES string of the molecule is COc1ccc(N)c(S(=O)CCN2CCNC2=O)c1. The predicted molar refractivity (Wildman–Crippen MR) is 73.7 cm³/mol. The molecular weight excluding hydrogens is 266 g/mol. The van der Waals surface area contributed by atoms with Crippen LogP contribution in [0.2, 0.25) is 0 Å². The molecule has 6 nitrogen and oxygen atoms in total. The summed E-state index contributed by atoms with van der Waals surface area (Å²) < 4.78 is 17.3. The molecular formula is C12H17N3O3S. The maximum Gasteiger partial charge on any atom is 0.317 e. The summed E-state index contributed by atoms with van der Waals surface area (Å²) in [6.45, 7) is 1.76. The number of urea groups is 1. The van der Waals surface area contributed by atoms with Crippen LogP contribution in [0.15, 0.2) is 23.1 Å². The number of nitrogens with zero attached hydrogens (tertiary/aromatic N) is 1. The molecule has 0 aliphatic carbocycles. The summed E-state index contributed by atoms with van der Waals surface area (Å²) >= 11 is 0. The Hall–Kier alpha value is -1.76. The first-order chi connectivity index (χ1) is 9.11. The average molecular weight is 283 g/mol. The number of carbonyl (C=O) groups excluding carboxylic acids is 1. The van der Waals surface area contributed by atoms with Gasteiger partial charge in [0.2, 0.25) is 0 Å². The van der Waals surface area contributed by atoms with E-state index in [-0.39, 0.29) is 6.03 Å². The molecule has 0 saturated carbocycles. The molecule has 1 atom stereocenters. The van der Waals surface area contributed by atoms with Crippen molar-refractivity contribution in [2.24, 2.45) is 0 Å². The van der Waals surface area contributed by atoms with E-state index in [2.05, 4.69) is 5.32 Å². The van der Waals surface area contributed by atoms with Gasteiger partial charge in [-0.3, -0.25) is 4.21 Å². The molecule has 1 heterocycles. The van der Waals surface area contributed by atoms with E-state index in [1.165, 1.54) is 0 Å². The normalized spacial score (nSPS) is 16.3. The van der Waals surface area contributed by atoms with Gasteiger partial charge in [-0.2, -0.15) is 0 Å². The maximum absolute atomic E-state index is 12.2. The van der Waals surface area contributed by atoms with E-state index >= 15 is 0 Å². The number of nitrogens with one attached hydrogen (secondary N) is 1. The van der Waals surface area contributed by atoms with Crippen molar-refractivity contribution >= 4 is 22.5 Å². The van der Waals surface area contributed by atoms with Crippen LogP contribution in [0.4, 0.5) is 10.5 Å². The molecule has 7 heteroatoms. The number of nitrogens with two attached hydrogens (primary N) is 1. The summed E-state index contributed by atoms with van der Waals surface area (Å²) in [5, 5.41) is 2.71. The molecule has 0 radical (unpaired) electrons. The van der Waals surface area contributed by atoms with Crippen LogP contribution in [0.1, 0.15) is 0 Å². The molecule has 1 saturated heterocycles. The van der Waals surface area contributed by atoms with E-state index < -0.39 is 10.8 Å². The molecule has 2 rings (SSSR count). The second kappa shape index (κ2) is 5.92. The van der Waals surface area contributed by atoms with Crippen molar-refractivity contribution in [2.75, 3.05) is 38.2 Å². The molecule has 1 aromatic carbocycles. The maximum atomic E-state index is 12.2. The first kappa shape index (κ1) is 13.7. The average Bonchev–Trinajstić information content (AvgIpc) is 2.82. The Labute approximate surface area is 114 Å². The standard InChI is InChI=1S/C12H17N3O3S/c1-18-9-2-3-10(13)11(8-9)19(17)7-6-15-5-4-14-12(15)16/h2-3,8H,4-7,13H2,1H3,(H,14,16). The quantitative estimate of drug-likeness (QED) is 0.767. The molecule has 0 spiro atoms. The van der Waals surface area contributed by atoms with Crippen LogP contribution >= 0.6 is 0 Å². The minimum atomic E-state index is -1.24. The topological polar surface area (TPSA) is 84.7 Å². The van der Waals surface area contributed by atoms with Crippen molar-refractivity contribution in [3.8, 4) is 5.75 Å². The lowest BCUT2D eigenvalue weighted by Crippen LogP contribution is -2.31. The van der Waals surface area contributed by atoms with Gasteiger partial charge in [0.15, 0.2) is 0 Å². The number of amides is 2. The number of nitrogen functional groups attached to an aromatic ring is 1. The van der Waals surface area contributed by atoms with E-state index in [0.29, 0.717) is 41.7 Å². The highest BCUT2D eigenvalue weighted by Gasteiger charge is 2.20. The van der Waals surface area contributed by atoms with Crippen LogP contribution in [0.3, 0.4) is 0 Å². The monoisotopic (exact) mass is 283 g/mol. The van der Waals surface area contributed by atoms with Gasteiger partial charge in [-0.05, 0) is 18.2 Å². The van der Waals surface area contributed by atoms with Crippen LogP contribution in [0.5, 0.6) is 5.75 Å². The summed E-state index contributed by atoms with van der Waals surface area (Å²) in [6, 6.07) is 4.98. The third-order valence-corrected chi connectivity index (χ3v) is 4.36. The zero-order valence-corrected chi connectivity index (χ0v) is 11.5. The molecule has 1 unspecified atom stereocenters. The smallest absolute Gasteiger partial charge is 0.317 e. The van der Waals surface area contributed by atoms with Crippen molar-refractivity contribution in [2.45, 2.75) is 4.90 Å². The van der Waals surface area contributed by atoms with Crippen molar-refractivity contribution < 1.29 is 13.7 Å². The molecule has 3 N–H and O–H groups in total. The van der Waals surface area contributed by atoms with E-state index in [1.54, 1.807) is 30.2 Å². The lowest BCUT2D eigenvalue weighted by atomic mass is 10.3. The highest BCUT2D eigenvalue weighted by atomic mass is 32.2. The van der Waals surface area contributed by atoms with Crippen LogP contribution in [0, 0.1) is 0 Å². The molecule has 104 valence electrons. The summed E-state index contributed by atoms with van der Waals surface area (Å²) in [6.07, 6.45) is 0. The lowest BCUT2D eigenvalue weighted by Gasteiger charge is -2.14. The largest absolute Gasteiger partial charge is 0.497 e. The number of methoxy groups -OCH3 is 1. The molecule has 19 heavy (non-hydrogen) atoms. The Balaban J connectivity index is 2.01. The number of hydrogen-bond acceptors (Lipinski definition) is 4. The molecule has 1 fully saturated rings. The third-order valence-electron chi connectivity index (χ3n) is 2.96. The fraction of sp³-hybridized carbons (Fsp3) is 0.417. The Bertz CT molecular complexity index is 507. The third kappa shape index (κ3) is 3.17. The molecule has 0 bridgehead atoms. The van der Waals surface area contributed by atoms with Crippen molar-refractivity contribution in [1.29, 1.82) is 0 Å². The predicted octanol–water partition coefficient (Wildman–Crippen LogP) is 0.410. The van der Waals surface area contributed by atoms with Crippen molar-refractivity contribution in [1.82, 2.24) is 10.2 Å². The minimum Gasteiger partial charge on any atom is -0.497 e. The lowest BCUT2D eigenvalue weighted by molar-refractivity contribution is 0.220. The zero-order valence-electron chi connectivity index (χ0n) is 10.7. The van der Waals surface area contributed by atoms with Crippen LogP contribution < -0.4 is 15.8 Å². The van der Waals surface area contributed by atoms with Gasteiger partial charge in [0.25, 0.3) is 0 Å². The van der Waals surface area contributed by atoms with Gasteiger partial charge in [-0.15, -0.1) is 0 Å². The first-order valence-electron chi connectivity index (χ1n) is 5.96. The summed E-state index contributed by atoms with van der Waals surface area (Å²) in [5.74, 6) is 0.988. The molecule has 1 aliphatic heterocycles. The second-order valence-corrected chi connectivity index (χ2v) is 5.71. The van der Waals surface area contributed by atoms with Crippen LogP contribution in [0.25, 0.3) is 0 Å². The number of anilines is 1. The molecule has 0 aromatic heterocycles. The van der Waals surface area contributed by atoms with Crippen LogP contribution in [-0.2, 0) is 10.8 Å². The van der Waals surface area contributed by atoms with Crippen LogP contribution in [-0.4, -0.2) is 47.6 Å². The Kier molecular flexibility index (Phi) is 4.26. The van der Waals surface area contributed by atoms with E-state index in [4.69, 9.17) is 10.5 Å². The van der Waals surface area contributed by atoms with Gasteiger partial charge < -0.3 is 20.7 Å². The fourth-order valence-electron chi connectivity index (χ4n) is 1.87. The minimum absolute atomic E-state index is 0.101. The number of ether oxygens (including phenoxy) is 1. The van der Waals surface area contributed by atoms with E-state index in [9.17, 15) is 9.00 Å². The summed E-state index contributed by atoms with van der Waals surface area (Å²) in [4.78, 5) is 13.6.